The molecule has 4 heterocycles. The van der Waals surface area contributed by atoms with Crippen molar-refractivity contribution in [2.75, 3.05) is 0 Å². The van der Waals surface area contributed by atoms with E-state index < -0.39 is 0 Å². The number of aryl methyl sites for hydroxylation is 1. The van der Waals surface area contributed by atoms with Crippen LogP contribution in [0.15, 0.2) is 48.0 Å². The van der Waals surface area contributed by atoms with Crippen molar-refractivity contribution in [2.24, 2.45) is 5.10 Å². The second kappa shape index (κ2) is 8.24. The van der Waals surface area contributed by atoms with Gasteiger partial charge in [0.1, 0.15) is 17.7 Å². The first kappa shape index (κ1) is 19.4. The first-order chi connectivity index (χ1) is 14.6. The first-order valence-electron chi connectivity index (χ1n) is 9.66. The van der Waals surface area contributed by atoms with Crippen molar-refractivity contribution in [3.8, 4) is 0 Å². The second-order valence-corrected chi connectivity index (χ2v) is 6.89. The van der Waals surface area contributed by atoms with Gasteiger partial charge in [-0.3, -0.25) is 24.1 Å². The maximum Gasteiger partial charge on any atom is 0.273 e. The van der Waals surface area contributed by atoms with Gasteiger partial charge in [-0.15, -0.1) is 0 Å². The molecule has 1 aliphatic rings. The largest absolute Gasteiger partial charge is 0.359 e. The Balaban J connectivity index is 1.63. The van der Waals surface area contributed by atoms with E-state index in [1.807, 2.05) is 6.92 Å². The van der Waals surface area contributed by atoms with Crippen molar-refractivity contribution in [2.45, 2.75) is 33.1 Å². The molecule has 1 amide bonds. The smallest absolute Gasteiger partial charge is 0.273 e. The molecule has 1 aliphatic heterocycles. The van der Waals surface area contributed by atoms with Gasteiger partial charge < -0.3 is 4.98 Å². The Morgan fingerprint density at radius 2 is 2.07 bits per heavy atom. The lowest BCUT2D eigenvalue weighted by Crippen LogP contribution is -2.14. The normalized spacial score (nSPS) is 14.8. The molecule has 0 unspecified atom stereocenters. The van der Waals surface area contributed by atoms with E-state index in [0.29, 0.717) is 29.8 Å². The zero-order valence-corrected chi connectivity index (χ0v) is 16.7. The van der Waals surface area contributed by atoms with Gasteiger partial charge in [0.15, 0.2) is 0 Å². The van der Waals surface area contributed by atoms with Crippen LogP contribution in [0.25, 0.3) is 6.08 Å². The predicted octanol–water partition coefficient (Wildman–Crippen LogP) is 2.06. The summed E-state index contributed by atoms with van der Waals surface area (Å²) < 4.78 is 1.49. The number of carbonyl (C=O) groups excluding carboxylic acids is 2. The summed E-state index contributed by atoms with van der Waals surface area (Å²) in [5.41, 5.74) is 7.89. The van der Waals surface area contributed by atoms with E-state index in [-0.39, 0.29) is 11.8 Å². The second-order valence-electron chi connectivity index (χ2n) is 6.89. The molecule has 0 saturated heterocycles. The van der Waals surface area contributed by atoms with Crippen molar-refractivity contribution in [3.63, 3.8) is 0 Å². The van der Waals surface area contributed by atoms with E-state index in [4.69, 9.17) is 0 Å². The monoisotopic (exact) mass is 403 g/mol. The number of nitrogens with zero attached hydrogens (tertiary/aromatic N) is 5. The standard InChI is InChI=1S/C21H21N7O2/c1-3-14-15(4-5-19(29)28-9-8-23-12-28)13(2)25-17(14)10-16-20(26-27-21(16)30)18-11-22-6-7-24-18/h6-12,25H,3-5H2,1-2H3,(H,27,30). The number of carbonyl (C=O) groups is 2. The molecule has 0 spiro atoms. The highest BCUT2D eigenvalue weighted by Gasteiger charge is 2.26. The van der Waals surface area contributed by atoms with E-state index >= 15 is 0 Å². The minimum Gasteiger partial charge on any atom is -0.359 e. The van der Waals surface area contributed by atoms with Gasteiger partial charge >= 0.3 is 0 Å². The van der Waals surface area contributed by atoms with E-state index in [1.165, 1.54) is 10.9 Å². The summed E-state index contributed by atoms with van der Waals surface area (Å²) >= 11 is 0. The highest BCUT2D eigenvalue weighted by Crippen LogP contribution is 2.25. The van der Waals surface area contributed by atoms with Crippen molar-refractivity contribution in [3.05, 3.63) is 71.1 Å². The van der Waals surface area contributed by atoms with Gasteiger partial charge in [-0.05, 0) is 37.0 Å². The number of hydrogen-bond donors (Lipinski definition) is 2. The van der Waals surface area contributed by atoms with Crippen molar-refractivity contribution in [1.82, 2.24) is 29.9 Å². The van der Waals surface area contributed by atoms with Crippen LogP contribution >= 0.6 is 0 Å². The molecule has 0 aromatic carbocycles. The summed E-state index contributed by atoms with van der Waals surface area (Å²) in [4.78, 5) is 40.3. The molecule has 0 aliphatic carbocycles. The van der Waals surface area contributed by atoms with Crippen LogP contribution in [-0.2, 0) is 17.6 Å². The molecular formula is C21H21N7O2. The van der Waals surface area contributed by atoms with Gasteiger partial charge in [0, 0.05) is 42.6 Å². The van der Waals surface area contributed by atoms with Crippen LogP contribution in [0.3, 0.4) is 0 Å². The molecule has 0 saturated carbocycles. The topological polar surface area (TPSA) is 118 Å². The summed E-state index contributed by atoms with van der Waals surface area (Å²) in [6.45, 7) is 4.03. The quantitative estimate of drug-likeness (QED) is 0.611. The van der Waals surface area contributed by atoms with Crippen molar-refractivity contribution in [1.29, 1.82) is 0 Å². The Morgan fingerprint density at radius 3 is 2.77 bits per heavy atom. The Morgan fingerprint density at radius 1 is 1.20 bits per heavy atom. The van der Waals surface area contributed by atoms with Crippen LogP contribution in [0.4, 0.5) is 0 Å². The average Bonchev–Trinajstić information content (AvgIpc) is 3.48. The summed E-state index contributed by atoms with van der Waals surface area (Å²) in [5, 5.41) is 4.12. The number of amides is 1. The fourth-order valence-corrected chi connectivity index (χ4v) is 3.60. The minimum atomic E-state index is -0.290. The van der Waals surface area contributed by atoms with Gasteiger partial charge in [-0.2, -0.15) is 5.10 Å². The van der Waals surface area contributed by atoms with E-state index in [9.17, 15) is 9.59 Å². The third-order valence-corrected chi connectivity index (χ3v) is 5.06. The lowest BCUT2D eigenvalue weighted by Gasteiger charge is -2.05. The van der Waals surface area contributed by atoms with Crippen LogP contribution in [0.2, 0.25) is 0 Å². The molecule has 30 heavy (non-hydrogen) atoms. The third-order valence-electron chi connectivity index (χ3n) is 5.06. The zero-order chi connectivity index (χ0) is 21.1. The maximum absolute atomic E-state index is 12.4. The lowest BCUT2D eigenvalue weighted by atomic mass is 9.99. The predicted molar refractivity (Wildman–Crippen MR) is 111 cm³/mol. The van der Waals surface area contributed by atoms with Gasteiger partial charge in [0.25, 0.3) is 5.91 Å². The average molecular weight is 403 g/mol. The molecule has 0 atom stereocenters. The Hall–Kier alpha value is -3.88. The fraction of sp³-hybridized carbons (Fsp3) is 0.238. The van der Waals surface area contributed by atoms with E-state index in [1.54, 1.807) is 37.1 Å². The number of aromatic amines is 1. The number of imidazole rings is 1. The number of hydrazone groups is 1. The highest BCUT2D eigenvalue weighted by molar-refractivity contribution is 6.32. The maximum atomic E-state index is 12.4. The summed E-state index contributed by atoms with van der Waals surface area (Å²) in [7, 11) is 0. The van der Waals surface area contributed by atoms with E-state index in [2.05, 4.69) is 37.4 Å². The van der Waals surface area contributed by atoms with Gasteiger partial charge in [-0.25, -0.2) is 10.4 Å². The van der Waals surface area contributed by atoms with Crippen LogP contribution < -0.4 is 5.43 Å². The summed E-state index contributed by atoms with van der Waals surface area (Å²) in [6, 6.07) is 0. The molecule has 3 aromatic rings. The number of aromatic nitrogens is 5. The van der Waals surface area contributed by atoms with Crippen molar-refractivity contribution >= 4 is 23.6 Å². The molecular weight excluding hydrogens is 382 g/mol. The molecule has 2 N–H and O–H groups in total. The zero-order valence-electron chi connectivity index (χ0n) is 16.7. The Labute approximate surface area is 173 Å². The molecule has 0 bridgehead atoms. The fourth-order valence-electron chi connectivity index (χ4n) is 3.60. The summed E-state index contributed by atoms with van der Waals surface area (Å²) in [6.07, 6.45) is 13.0. The first-order valence-corrected chi connectivity index (χ1v) is 9.66. The van der Waals surface area contributed by atoms with Crippen LogP contribution in [0.5, 0.6) is 0 Å². The molecule has 9 nitrogen and oxygen atoms in total. The SMILES string of the molecule is CCc1c(C=C2C(=O)NN=C2c2cnccn2)[nH]c(C)c1CCC(=O)n1ccnc1. The van der Waals surface area contributed by atoms with Crippen molar-refractivity contribution < 1.29 is 9.59 Å². The Bertz CT molecular complexity index is 1140. The van der Waals surface area contributed by atoms with Crippen LogP contribution in [0.1, 0.15) is 46.3 Å². The highest BCUT2D eigenvalue weighted by atomic mass is 16.2. The summed E-state index contributed by atoms with van der Waals surface area (Å²) in [5.74, 6) is -0.302. The molecule has 0 fully saturated rings. The molecule has 3 aromatic heterocycles. The molecule has 0 radical (unpaired) electrons. The minimum absolute atomic E-state index is 0.0118. The number of H-pyrrole nitrogens is 1. The van der Waals surface area contributed by atoms with E-state index in [0.717, 1.165) is 28.9 Å². The molecule has 4 rings (SSSR count). The van der Waals surface area contributed by atoms with Gasteiger partial charge in [-0.1, -0.05) is 6.92 Å². The third kappa shape index (κ3) is 3.69. The van der Waals surface area contributed by atoms with Crippen LogP contribution in [-0.4, -0.2) is 42.0 Å². The van der Waals surface area contributed by atoms with Gasteiger partial charge in [0.05, 0.1) is 11.8 Å². The lowest BCUT2D eigenvalue weighted by molar-refractivity contribution is -0.116. The Kier molecular flexibility index (Phi) is 5.34. The number of nitrogens with one attached hydrogen (secondary N) is 2. The van der Waals surface area contributed by atoms with Crippen LogP contribution in [0, 0.1) is 6.92 Å². The molecule has 9 heteroatoms. The number of rotatable bonds is 6. The van der Waals surface area contributed by atoms with Gasteiger partial charge in [0.2, 0.25) is 5.91 Å². The number of hydrogen-bond acceptors (Lipinski definition) is 6. The molecule has 152 valence electrons.